The minimum absolute atomic E-state index is 1.22. The van der Waals surface area contributed by atoms with Crippen molar-refractivity contribution >= 4 is 20.5 Å². The molecule has 1 aromatic carbocycles. The quantitative estimate of drug-likeness (QED) is 0.526. The van der Waals surface area contributed by atoms with Gasteiger partial charge in [0, 0.05) is 6.21 Å². The topological polar surface area (TPSA) is 12.4 Å². The van der Waals surface area contributed by atoms with Crippen molar-refractivity contribution in [2.45, 2.75) is 19.6 Å². The molecule has 0 radical (unpaired) electrons. The van der Waals surface area contributed by atoms with Gasteiger partial charge >= 0.3 is 0 Å². The van der Waals surface area contributed by atoms with E-state index in [4.69, 9.17) is 0 Å². The van der Waals surface area contributed by atoms with Crippen molar-refractivity contribution in [2.75, 3.05) is 0 Å². The SMILES string of the molecule is C[Si](C)(C)/N=C/C=C/c1ccccc1. The van der Waals surface area contributed by atoms with E-state index in [9.17, 15) is 0 Å². The van der Waals surface area contributed by atoms with Crippen LogP contribution in [-0.4, -0.2) is 14.5 Å². The van der Waals surface area contributed by atoms with Crippen molar-refractivity contribution in [3.05, 3.63) is 42.0 Å². The Labute approximate surface area is 87.3 Å². The highest BCUT2D eigenvalue weighted by Crippen LogP contribution is 2.02. The Bertz CT molecular complexity index is 320. The highest BCUT2D eigenvalue weighted by atomic mass is 28.3. The third kappa shape index (κ3) is 4.77. The minimum atomic E-state index is -1.28. The Balaban J connectivity index is 2.54. The summed E-state index contributed by atoms with van der Waals surface area (Å²) in [5.74, 6) is 0. The Morgan fingerprint density at radius 2 is 1.71 bits per heavy atom. The molecule has 1 nitrogen and oxygen atoms in total. The number of hydrogen-bond acceptors (Lipinski definition) is 1. The maximum absolute atomic E-state index is 4.50. The summed E-state index contributed by atoms with van der Waals surface area (Å²) < 4.78 is 4.50. The fourth-order valence-corrected chi connectivity index (χ4v) is 1.52. The van der Waals surface area contributed by atoms with Crippen molar-refractivity contribution in [1.29, 1.82) is 0 Å². The minimum Gasteiger partial charge on any atom is -0.329 e. The van der Waals surface area contributed by atoms with Gasteiger partial charge in [-0.1, -0.05) is 36.4 Å². The summed E-state index contributed by atoms with van der Waals surface area (Å²) in [6, 6.07) is 10.3. The molecule has 14 heavy (non-hydrogen) atoms. The number of rotatable bonds is 3. The van der Waals surface area contributed by atoms with E-state index in [1.165, 1.54) is 5.56 Å². The lowest BCUT2D eigenvalue weighted by Crippen LogP contribution is -2.15. The predicted molar refractivity (Wildman–Crippen MR) is 67.3 cm³/mol. The second-order valence-electron chi connectivity index (χ2n) is 4.22. The summed E-state index contributed by atoms with van der Waals surface area (Å²) in [6.45, 7) is 6.67. The van der Waals surface area contributed by atoms with E-state index in [2.05, 4.69) is 42.5 Å². The maximum Gasteiger partial charge on any atom is 0.172 e. The first-order chi connectivity index (χ1) is 6.58. The molecule has 0 aliphatic carbocycles. The first kappa shape index (κ1) is 10.9. The molecule has 0 spiro atoms. The molecule has 0 N–H and O–H groups in total. The van der Waals surface area contributed by atoms with Gasteiger partial charge in [0.1, 0.15) is 0 Å². The molecule has 2 heteroatoms. The van der Waals surface area contributed by atoms with Crippen molar-refractivity contribution in [1.82, 2.24) is 0 Å². The van der Waals surface area contributed by atoms with Gasteiger partial charge in [-0.15, -0.1) is 0 Å². The number of hydrogen-bond donors (Lipinski definition) is 0. The number of nitrogens with zero attached hydrogens (tertiary/aromatic N) is 1. The van der Waals surface area contributed by atoms with Gasteiger partial charge in [0.15, 0.2) is 8.24 Å². The van der Waals surface area contributed by atoms with E-state index in [0.29, 0.717) is 0 Å². The molecule has 0 heterocycles. The monoisotopic (exact) mass is 203 g/mol. The van der Waals surface area contributed by atoms with Crippen LogP contribution >= 0.6 is 0 Å². The van der Waals surface area contributed by atoms with Gasteiger partial charge in [-0.3, -0.25) is 0 Å². The molecular weight excluding hydrogens is 186 g/mol. The lowest BCUT2D eigenvalue weighted by Gasteiger charge is -2.05. The molecular formula is C12H17NSi. The van der Waals surface area contributed by atoms with Crippen LogP contribution in [0.5, 0.6) is 0 Å². The molecule has 74 valence electrons. The van der Waals surface area contributed by atoms with E-state index in [-0.39, 0.29) is 0 Å². The van der Waals surface area contributed by atoms with Crippen LogP contribution in [0.2, 0.25) is 19.6 Å². The molecule has 1 rings (SSSR count). The maximum atomic E-state index is 4.50. The van der Waals surface area contributed by atoms with Crippen molar-refractivity contribution < 1.29 is 0 Å². The Kier molecular flexibility index (Phi) is 3.83. The average Bonchev–Trinajstić information content (AvgIpc) is 2.13. The van der Waals surface area contributed by atoms with E-state index < -0.39 is 8.24 Å². The summed E-state index contributed by atoms with van der Waals surface area (Å²) in [5, 5.41) is 0. The summed E-state index contributed by atoms with van der Waals surface area (Å²) in [7, 11) is -1.28. The molecule has 0 aromatic heterocycles. The van der Waals surface area contributed by atoms with Gasteiger partial charge in [-0.05, 0) is 31.3 Å². The van der Waals surface area contributed by atoms with Crippen LogP contribution in [0.15, 0.2) is 41.1 Å². The normalized spacial score (nSPS) is 12.8. The van der Waals surface area contributed by atoms with Gasteiger partial charge < -0.3 is 4.66 Å². The standard InChI is InChI=1S/C12H17NSi/c1-14(2,3)13-11-7-10-12-8-5-4-6-9-12/h4-11H,1-3H3/b10-7+,13-11+. The van der Waals surface area contributed by atoms with Crippen LogP contribution in [0, 0.1) is 0 Å². The van der Waals surface area contributed by atoms with Gasteiger partial charge in [0.25, 0.3) is 0 Å². The Hall–Kier alpha value is -1.15. The van der Waals surface area contributed by atoms with E-state index in [1.807, 2.05) is 30.5 Å². The molecule has 0 bridgehead atoms. The molecule has 0 aliphatic rings. The molecule has 0 saturated carbocycles. The second kappa shape index (κ2) is 4.91. The van der Waals surface area contributed by atoms with Gasteiger partial charge in [-0.25, -0.2) is 0 Å². The van der Waals surface area contributed by atoms with Crippen molar-refractivity contribution in [3.63, 3.8) is 0 Å². The molecule has 0 aliphatic heterocycles. The molecule has 0 atom stereocenters. The highest BCUT2D eigenvalue weighted by molar-refractivity contribution is 6.75. The lowest BCUT2D eigenvalue weighted by atomic mass is 10.2. The zero-order chi connectivity index (χ0) is 10.4. The molecule has 0 amide bonds. The predicted octanol–water partition coefficient (Wildman–Crippen LogP) is 3.61. The van der Waals surface area contributed by atoms with E-state index in [1.54, 1.807) is 0 Å². The summed E-state index contributed by atoms with van der Waals surface area (Å²) in [4.78, 5) is 0. The molecule has 0 unspecified atom stereocenters. The Morgan fingerprint density at radius 1 is 1.07 bits per heavy atom. The largest absolute Gasteiger partial charge is 0.329 e. The van der Waals surface area contributed by atoms with Crippen molar-refractivity contribution in [3.8, 4) is 0 Å². The summed E-state index contributed by atoms with van der Waals surface area (Å²) in [6.07, 6.45) is 6.00. The third-order valence-electron chi connectivity index (χ3n) is 1.64. The third-order valence-corrected chi connectivity index (χ3v) is 2.56. The van der Waals surface area contributed by atoms with Crippen molar-refractivity contribution in [2.24, 2.45) is 4.66 Å². The molecule has 0 fully saturated rings. The fraction of sp³-hybridized carbons (Fsp3) is 0.250. The van der Waals surface area contributed by atoms with Crippen LogP contribution < -0.4 is 0 Å². The molecule has 0 saturated heterocycles. The van der Waals surface area contributed by atoms with Gasteiger partial charge in [0.2, 0.25) is 0 Å². The van der Waals surface area contributed by atoms with E-state index >= 15 is 0 Å². The summed E-state index contributed by atoms with van der Waals surface area (Å²) >= 11 is 0. The number of allylic oxidation sites excluding steroid dienone is 1. The average molecular weight is 203 g/mol. The smallest absolute Gasteiger partial charge is 0.172 e. The van der Waals surface area contributed by atoms with Crippen LogP contribution in [-0.2, 0) is 0 Å². The summed E-state index contributed by atoms with van der Waals surface area (Å²) in [5.41, 5.74) is 1.22. The lowest BCUT2D eigenvalue weighted by molar-refractivity contribution is 1.58. The van der Waals surface area contributed by atoms with E-state index in [0.717, 1.165) is 0 Å². The van der Waals surface area contributed by atoms with Crippen LogP contribution in [0.3, 0.4) is 0 Å². The highest BCUT2D eigenvalue weighted by Gasteiger charge is 2.07. The molecule has 1 aromatic rings. The first-order valence-electron chi connectivity index (χ1n) is 4.85. The van der Waals surface area contributed by atoms with Gasteiger partial charge in [-0.2, -0.15) is 0 Å². The van der Waals surface area contributed by atoms with Crippen LogP contribution in [0.4, 0.5) is 0 Å². The van der Waals surface area contributed by atoms with Crippen LogP contribution in [0.1, 0.15) is 5.56 Å². The second-order valence-corrected chi connectivity index (χ2v) is 8.82. The Morgan fingerprint density at radius 3 is 2.29 bits per heavy atom. The van der Waals surface area contributed by atoms with Gasteiger partial charge in [0.05, 0.1) is 0 Å². The fourth-order valence-electron chi connectivity index (χ4n) is 0.985. The zero-order valence-electron chi connectivity index (χ0n) is 9.07. The first-order valence-corrected chi connectivity index (χ1v) is 8.30. The number of benzene rings is 1. The zero-order valence-corrected chi connectivity index (χ0v) is 10.1. The van der Waals surface area contributed by atoms with Crippen LogP contribution in [0.25, 0.3) is 6.08 Å².